The van der Waals surface area contributed by atoms with Crippen LogP contribution in [0.2, 0.25) is 15.1 Å². The number of carbonyl (C=O) groups is 1. The molecule has 3 nitrogen and oxygen atoms in total. The normalized spacial score (nSPS) is 11.2. The van der Waals surface area contributed by atoms with Crippen LogP contribution in [-0.2, 0) is 11.0 Å². The molecule has 1 N–H and O–H groups in total. The van der Waals surface area contributed by atoms with E-state index in [9.17, 15) is 18.0 Å². The number of ether oxygens (including phenoxy) is 1. The fraction of sp³-hybridized carbons (Fsp3) is 0.133. The predicted molar refractivity (Wildman–Crippen MR) is 87.0 cm³/mol. The molecule has 0 unspecified atom stereocenters. The van der Waals surface area contributed by atoms with Crippen LogP contribution < -0.4 is 10.1 Å². The molecule has 0 aromatic heterocycles. The Morgan fingerprint density at radius 2 is 1.83 bits per heavy atom. The van der Waals surface area contributed by atoms with Gasteiger partial charge in [0.05, 0.1) is 16.3 Å². The highest BCUT2D eigenvalue weighted by atomic mass is 35.5. The van der Waals surface area contributed by atoms with Gasteiger partial charge >= 0.3 is 6.18 Å². The van der Waals surface area contributed by atoms with Crippen LogP contribution >= 0.6 is 34.8 Å². The SMILES string of the molecule is O=C(COc1cccc(Cl)c1Cl)Nc1ccc(Cl)cc1C(F)(F)F. The Bertz CT molecular complexity index is 766. The summed E-state index contributed by atoms with van der Waals surface area (Å²) in [6, 6.07) is 7.59. The molecule has 0 atom stereocenters. The van der Waals surface area contributed by atoms with Crippen LogP contribution in [0.1, 0.15) is 5.56 Å². The highest BCUT2D eigenvalue weighted by Crippen LogP contribution is 2.36. The molecule has 0 radical (unpaired) electrons. The van der Waals surface area contributed by atoms with Crippen LogP contribution in [0.3, 0.4) is 0 Å². The summed E-state index contributed by atoms with van der Waals surface area (Å²) in [6.07, 6.45) is -4.66. The number of rotatable bonds is 4. The molecule has 0 bridgehead atoms. The molecule has 128 valence electrons. The summed E-state index contributed by atoms with van der Waals surface area (Å²) in [7, 11) is 0. The Morgan fingerprint density at radius 3 is 2.50 bits per heavy atom. The molecule has 0 heterocycles. The van der Waals surface area contributed by atoms with Gasteiger partial charge < -0.3 is 10.1 Å². The minimum atomic E-state index is -4.66. The average Bonchev–Trinajstić information content (AvgIpc) is 2.49. The van der Waals surface area contributed by atoms with Crippen molar-refractivity contribution in [3.05, 3.63) is 57.0 Å². The zero-order valence-corrected chi connectivity index (χ0v) is 14.0. The number of benzene rings is 2. The van der Waals surface area contributed by atoms with E-state index in [-0.39, 0.29) is 20.8 Å². The maximum absolute atomic E-state index is 13.0. The van der Waals surface area contributed by atoms with Crippen molar-refractivity contribution in [3.8, 4) is 5.75 Å². The van der Waals surface area contributed by atoms with Crippen LogP contribution in [0.4, 0.5) is 18.9 Å². The van der Waals surface area contributed by atoms with Gasteiger partial charge in [-0.2, -0.15) is 13.2 Å². The lowest BCUT2D eigenvalue weighted by Gasteiger charge is -2.14. The summed E-state index contributed by atoms with van der Waals surface area (Å²) in [5.74, 6) is -0.648. The molecule has 0 fully saturated rings. The molecule has 0 aliphatic heterocycles. The lowest BCUT2D eigenvalue weighted by atomic mass is 10.1. The first-order valence-corrected chi connectivity index (χ1v) is 7.55. The van der Waals surface area contributed by atoms with Crippen LogP contribution in [-0.4, -0.2) is 12.5 Å². The van der Waals surface area contributed by atoms with Crippen molar-refractivity contribution in [1.82, 2.24) is 0 Å². The molecule has 0 spiro atoms. The summed E-state index contributed by atoms with van der Waals surface area (Å²) in [4.78, 5) is 11.8. The lowest BCUT2D eigenvalue weighted by Crippen LogP contribution is -2.22. The highest BCUT2D eigenvalue weighted by molar-refractivity contribution is 6.42. The third-order valence-corrected chi connectivity index (χ3v) is 3.87. The molecule has 0 saturated carbocycles. The smallest absolute Gasteiger partial charge is 0.418 e. The van der Waals surface area contributed by atoms with E-state index >= 15 is 0 Å². The van der Waals surface area contributed by atoms with Crippen molar-refractivity contribution in [2.24, 2.45) is 0 Å². The van der Waals surface area contributed by atoms with E-state index in [1.54, 1.807) is 6.07 Å². The van der Waals surface area contributed by atoms with Crippen molar-refractivity contribution in [2.75, 3.05) is 11.9 Å². The number of amides is 1. The second-order valence-electron chi connectivity index (χ2n) is 4.58. The van der Waals surface area contributed by atoms with Crippen molar-refractivity contribution in [2.45, 2.75) is 6.18 Å². The number of anilines is 1. The molecule has 1 amide bonds. The number of carbonyl (C=O) groups excluding carboxylic acids is 1. The first-order valence-electron chi connectivity index (χ1n) is 6.42. The van der Waals surface area contributed by atoms with Crippen molar-refractivity contribution in [1.29, 1.82) is 0 Å². The van der Waals surface area contributed by atoms with Gasteiger partial charge in [0.15, 0.2) is 6.61 Å². The first-order chi connectivity index (χ1) is 11.2. The number of halogens is 6. The zero-order valence-electron chi connectivity index (χ0n) is 11.8. The Hall–Kier alpha value is -1.63. The quantitative estimate of drug-likeness (QED) is 0.719. The molecular weight excluding hydrogens is 390 g/mol. The van der Waals surface area contributed by atoms with Gasteiger partial charge in [0.25, 0.3) is 5.91 Å². The van der Waals surface area contributed by atoms with E-state index in [2.05, 4.69) is 5.32 Å². The lowest BCUT2D eigenvalue weighted by molar-refractivity contribution is -0.137. The minimum Gasteiger partial charge on any atom is -0.482 e. The molecule has 2 rings (SSSR count). The van der Waals surface area contributed by atoms with Gasteiger partial charge in [-0.3, -0.25) is 4.79 Å². The van der Waals surface area contributed by atoms with Gasteiger partial charge in [0.2, 0.25) is 0 Å². The zero-order chi connectivity index (χ0) is 17.9. The monoisotopic (exact) mass is 397 g/mol. The summed E-state index contributed by atoms with van der Waals surface area (Å²) < 4.78 is 44.0. The van der Waals surface area contributed by atoms with Crippen molar-refractivity contribution in [3.63, 3.8) is 0 Å². The highest BCUT2D eigenvalue weighted by Gasteiger charge is 2.34. The van der Waals surface area contributed by atoms with E-state index in [0.717, 1.165) is 12.1 Å². The standard InChI is InChI=1S/C15H9Cl3F3NO2/c16-8-4-5-11(9(6-8)15(19,20)21)22-13(23)7-24-12-3-1-2-10(17)14(12)18/h1-6H,7H2,(H,22,23). The number of hydrogen-bond donors (Lipinski definition) is 1. The van der Waals surface area contributed by atoms with Gasteiger partial charge in [0, 0.05) is 5.02 Å². The molecule has 0 aliphatic rings. The molecule has 0 aliphatic carbocycles. The predicted octanol–water partition coefficient (Wildman–Crippen LogP) is 5.68. The van der Waals surface area contributed by atoms with Gasteiger partial charge in [-0.05, 0) is 30.3 Å². The van der Waals surface area contributed by atoms with Crippen LogP contribution in [0.15, 0.2) is 36.4 Å². The second-order valence-corrected chi connectivity index (χ2v) is 5.80. The fourth-order valence-corrected chi connectivity index (χ4v) is 2.30. The third-order valence-electron chi connectivity index (χ3n) is 2.84. The average molecular weight is 399 g/mol. The Kier molecular flexibility index (Phi) is 5.85. The van der Waals surface area contributed by atoms with E-state index in [1.165, 1.54) is 18.2 Å². The van der Waals surface area contributed by atoms with E-state index in [4.69, 9.17) is 39.5 Å². The Balaban J connectivity index is 2.09. The summed E-state index contributed by atoms with van der Waals surface area (Å²) in [5.41, 5.74) is -1.47. The Labute approximate surface area is 150 Å². The van der Waals surface area contributed by atoms with E-state index in [0.29, 0.717) is 0 Å². The summed E-state index contributed by atoms with van der Waals surface area (Å²) in [5, 5.41) is 2.37. The molecule has 2 aromatic rings. The van der Waals surface area contributed by atoms with Crippen molar-refractivity contribution >= 4 is 46.4 Å². The van der Waals surface area contributed by atoms with Gasteiger partial charge in [-0.25, -0.2) is 0 Å². The number of alkyl halides is 3. The summed E-state index contributed by atoms with van der Waals surface area (Å²) in [6.45, 7) is -0.542. The van der Waals surface area contributed by atoms with Crippen molar-refractivity contribution < 1.29 is 22.7 Å². The molecule has 9 heteroatoms. The number of nitrogens with one attached hydrogen (secondary N) is 1. The fourth-order valence-electron chi connectivity index (χ4n) is 1.79. The van der Waals surface area contributed by atoms with Crippen LogP contribution in [0, 0.1) is 0 Å². The second kappa shape index (κ2) is 7.51. The van der Waals surface area contributed by atoms with E-state index in [1.807, 2.05) is 0 Å². The van der Waals surface area contributed by atoms with Gasteiger partial charge in [-0.1, -0.05) is 40.9 Å². The van der Waals surface area contributed by atoms with Crippen LogP contribution in [0.25, 0.3) is 0 Å². The maximum atomic E-state index is 13.0. The maximum Gasteiger partial charge on any atom is 0.418 e. The molecule has 24 heavy (non-hydrogen) atoms. The van der Waals surface area contributed by atoms with Crippen LogP contribution in [0.5, 0.6) is 5.75 Å². The third kappa shape index (κ3) is 4.69. The topological polar surface area (TPSA) is 38.3 Å². The Morgan fingerprint density at radius 1 is 1.12 bits per heavy atom. The van der Waals surface area contributed by atoms with Gasteiger partial charge in [-0.15, -0.1) is 0 Å². The number of hydrogen-bond acceptors (Lipinski definition) is 2. The van der Waals surface area contributed by atoms with Gasteiger partial charge in [0.1, 0.15) is 10.8 Å². The molecule has 2 aromatic carbocycles. The van der Waals surface area contributed by atoms with E-state index < -0.39 is 29.9 Å². The first kappa shape index (κ1) is 18.7. The summed E-state index contributed by atoms with van der Waals surface area (Å²) >= 11 is 17.3. The molecule has 0 saturated heterocycles. The largest absolute Gasteiger partial charge is 0.482 e. The minimum absolute atomic E-state index is 0.0951. The molecular formula is C15H9Cl3F3NO2.